The number of anilines is 3. The van der Waals surface area contributed by atoms with Gasteiger partial charge in [-0.05, 0) is 55.3 Å². The van der Waals surface area contributed by atoms with Gasteiger partial charge in [0.15, 0.2) is 0 Å². The molecule has 0 spiro atoms. The van der Waals surface area contributed by atoms with Crippen molar-refractivity contribution in [2.75, 3.05) is 34.2 Å². The van der Waals surface area contributed by atoms with Crippen LogP contribution >= 0.6 is 0 Å². The monoisotopic (exact) mass is 480 g/mol. The van der Waals surface area contributed by atoms with Crippen molar-refractivity contribution in [3.05, 3.63) is 89.0 Å². The molecule has 0 aromatic heterocycles. The Hall–Kier alpha value is -3.92. The van der Waals surface area contributed by atoms with E-state index in [4.69, 9.17) is 0 Å². The fraction of sp³-hybridized carbons (Fsp3) is 0.208. The minimum absolute atomic E-state index is 0.0238. The maximum absolute atomic E-state index is 13.4. The van der Waals surface area contributed by atoms with Crippen molar-refractivity contribution in [3.8, 4) is 0 Å². The van der Waals surface area contributed by atoms with E-state index < -0.39 is 27.4 Å². The largest absolute Gasteiger partial charge is 0.372 e. The van der Waals surface area contributed by atoms with Crippen molar-refractivity contribution in [2.24, 2.45) is 0 Å². The van der Waals surface area contributed by atoms with Gasteiger partial charge in [0.05, 0.1) is 15.5 Å². The summed E-state index contributed by atoms with van der Waals surface area (Å²) in [5.74, 6) is -0.570. The minimum Gasteiger partial charge on any atom is -0.372 e. The van der Waals surface area contributed by atoms with Gasteiger partial charge in [0.1, 0.15) is 6.54 Å². The number of rotatable bonds is 8. The van der Waals surface area contributed by atoms with Crippen LogP contribution in [0.4, 0.5) is 22.7 Å². The number of hydrogen-bond acceptors (Lipinski definition) is 6. The number of nitro benzene ring substituents is 1. The van der Waals surface area contributed by atoms with Crippen LogP contribution in [0.15, 0.2) is 83.8 Å². The van der Waals surface area contributed by atoms with Gasteiger partial charge in [0.2, 0.25) is 5.91 Å². The Kier molecular flexibility index (Phi) is 6.78. The van der Waals surface area contributed by atoms with Gasteiger partial charge in [-0.2, -0.15) is 0 Å². The highest BCUT2D eigenvalue weighted by Gasteiger charge is 2.28. The molecule has 176 valence electrons. The highest BCUT2D eigenvalue weighted by atomic mass is 32.2. The number of carbonyl (C=O) groups is 1. The zero-order valence-electron chi connectivity index (χ0n) is 18.3. The third-order valence-corrected chi connectivity index (χ3v) is 7.36. The number of amides is 1. The van der Waals surface area contributed by atoms with Crippen LogP contribution in [0.1, 0.15) is 12.8 Å². The third kappa shape index (κ3) is 5.18. The Labute approximate surface area is 197 Å². The third-order valence-electron chi connectivity index (χ3n) is 5.57. The summed E-state index contributed by atoms with van der Waals surface area (Å²) in [7, 11) is -4.16. The lowest BCUT2D eigenvalue weighted by Crippen LogP contribution is -2.38. The molecule has 1 aliphatic rings. The molecular weight excluding hydrogens is 456 g/mol. The molecule has 4 rings (SSSR count). The lowest BCUT2D eigenvalue weighted by Gasteiger charge is -2.24. The first-order valence-electron chi connectivity index (χ1n) is 10.8. The van der Waals surface area contributed by atoms with Crippen molar-refractivity contribution in [1.29, 1.82) is 0 Å². The molecule has 1 heterocycles. The molecule has 3 aromatic carbocycles. The fourth-order valence-electron chi connectivity index (χ4n) is 3.86. The Morgan fingerprint density at radius 3 is 2.29 bits per heavy atom. The molecule has 1 N–H and O–H groups in total. The van der Waals surface area contributed by atoms with Gasteiger partial charge in [-0.25, -0.2) is 8.42 Å². The average molecular weight is 481 g/mol. The fourth-order valence-corrected chi connectivity index (χ4v) is 5.29. The maximum Gasteiger partial charge on any atom is 0.271 e. The molecule has 1 saturated heterocycles. The predicted molar refractivity (Wildman–Crippen MR) is 131 cm³/mol. The van der Waals surface area contributed by atoms with Gasteiger partial charge in [-0.15, -0.1) is 0 Å². The van der Waals surface area contributed by atoms with Crippen molar-refractivity contribution in [2.45, 2.75) is 17.7 Å². The summed E-state index contributed by atoms with van der Waals surface area (Å²) in [6.07, 6.45) is 2.31. The Bertz CT molecular complexity index is 1270. The molecule has 0 unspecified atom stereocenters. The molecule has 1 fully saturated rings. The molecule has 0 bridgehead atoms. The molecule has 0 saturated carbocycles. The Morgan fingerprint density at radius 1 is 0.971 bits per heavy atom. The molecule has 34 heavy (non-hydrogen) atoms. The van der Waals surface area contributed by atoms with Crippen LogP contribution in [0.5, 0.6) is 0 Å². The SMILES string of the molecule is O=C(CN(c1cccc([N+](=O)[O-])c1)S(=O)(=O)c1ccccc1)Nc1ccc(N2CCCC2)cc1. The molecule has 9 nitrogen and oxygen atoms in total. The summed E-state index contributed by atoms with van der Waals surface area (Å²) in [5, 5.41) is 14.0. The second kappa shape index (κ2) is 9.92. The molecule has 10 heteroatoms. The lowest BCUT2D eigenvalue weighted by atomic mass is 10.2. The van der Waals surface area contributed by atoms with E-state index in [1.165, 1.54) is 30.3 Å². The molecule has 0 atom stereocenters. The van der Waals surface area contributed by atoms with Crippen molar-refractivity contribution >= 4 is 38.7 Å². The zero-order chi connectivity index (χ0) is 24.1. The Balaban J connectivity index is 1.58. The minimum atomic E-state index is -4.16. The number of sulfonamides is 1. The maximum atomic E-state index is 13.4. The number of nitro groups is 1. The van der Waals surface area contributed by atoms with E-state index >= 15 is 0 Å². The first-order valence-corrected chi connectivity index (χ1v) is 12.3. The number of nitrogens with one attached hydrogen (secondary N) is 1. The molecule has 1 amide bonds. The van der Waals surface area contributed by atoms with Gasteiger partial charge in [0, 0.05) is 36.6 Å². The van der Waals surface area contributed by atoms with Crippen LogP contribution in [-0.2, 0) is 14.8 Å². The van der Waals surface area contributed by atoms with Crippen LogP contribution in [0.2, 0.25) is 0 Å². The summed E-state index contributed by atoms with van der Waals surface area (Å²) >= 11 is 0. The topological polar surface area (TPSA) is 113 Å². The summed E-state index contributed by atoms with van der Waals surface area (Å²) in [4.78, 5) is 25.7. The molecule has 1 aliphatic heterocycles. The molecule has 0 aliphatic carbocycles. The van der Waals surface area contributed by atoms with Crippen LogP contribution in [0.3, 0.4) is 0 Å². The van der Waals surface area contributed by atoms with E-state index in [-0.39, 0.29) is 16.3 Å². The highest BCUT2D eigenvalue weighted by molar-refractivity contribution is 7.92. The van der Waals surface area contributed by atoms with Gasteiger partial charge >= 0.3 is 0 Å². The van der Waals surface area contributed by atoms with Crippen molar-refractivity contribution < 1.29 is 18.1 Å². The highest BCUT2D eigenvalue weighted by Crippen LogP contribution is 2.27. The van der Waals surface area contributed by atoms with Crippen molar-refractivity contribution in [3.63, 3.8) is 0 Å². The summed E-state index contributed by atoms with van der Waals surface area (Å²) in [6, 6.07) is 20.2. The van der Waals surface area contributed by atoms with Crippen LogP contribution in [0, 0.1) is 10.1 Å². The van der Waals surface area contributed by atoms with Crippen LogP contribution in [0.25, 0.3) is 0 Å². The van der Waals surface area contributed by atoms with E-state index in [2.05, 4.69) is 10.2 Å². The number of non-ortho nitro benzene ring substituents is 1. The van der Waals surface area contributed by atoms with E-state index in [0.717, 1.165) is 42.0 Å². The van der Waals surface area contributed by atoms with Crippen LogP contribution < -0.4 is 14.5 Å². The lowest BCUT2D eigenvalue weighted by molar-refractivity contribution is -0.384. The van der Waals surface area contributed by atoms with E-state index in [1.807, 2.05) is 12.1 Å². The second-order valence-electron chi connectivity index (χ2n) is 7.89. The van der Waals surface area contributed by atoms with Gasteiger partial charge in [-0.1, -0.05) is 24.3 Å². The first kappa shape index (κ1) is 23.2. The summed E-state index contributed by atoms with van der Waals surface area (Å²) in [5.41, 5.74) is 1.35. The first-order chi connectivity index (χ1) is 16.3. The van der Waals surface area contributed by atoms with E-state index in [1.54, 1.807) is 30.3 Å². The standard InChI is InChI=1S/C24H24N4O5S/c29-24(25-19-11-13-20(14-12-19)26-15-4-5-16-26)18-27(21-7-6-8-22(17-21)28(30)31)34(32,33)23-9-2-1-3-10-23/h1-3,6-14,17H,4-5,15-16,18H2,(H,25,29). The number of benzene rings is 3. The number of hydrogen-bond donors (Lipinski definition) is 1. The number of carbonyl (C=O) groups excluding carboxylic acids is 1. The van der Waals surface area contributed by atoms with Crippen LogP contribution in [-0.4, -0.2) is 38.9 Å². The van der Waals surface area contributed by atoms with E-state index in [0.29, 0.717) is 5.69 Å². The summed E-state index contributed by atoms with van der Waals surface area (Å²) < 4.78 is 27.6. The molecule has 0 radical (unpaired) electrons. The predicted octanol–water partition coefficient (Wildman–Crippen LogP) is 4.03. The average Bonchev–Trinajstić information content (AvgIpc) is 3.38. The Morgan fingerprint density at radius 2 is 1.65 bits per heavy atom. The second-order valence-corrected chi connectivity index (χ2v) is 9.75. The van der Waals surface area contributed by atoms with Gasteiger partial charge in [0.25, 0.3) is 15.7 Å². The van der Waals surface area contributed by atoms with Gasteiger partial charge in [-0.3, -0.25) is 19.2 Å². The quantitative estimate of drug-likeness (QED) is 0.385. The zero-order valence-corrected chi connectivity index (χ0v) is 19.1. The molecule has 3 aromatic rings. The number of nitrogens with zero attached hydrogens (tertiary/aromatic N) is 3. The van der Waals surface area contributed by atoms with Crippen molar-refractivity contribution in [1.82, 2.24) is 0 Å². The van der Waals surface area contributed by atoms with Gasteiger partial charge < -0.3 is 10.2 Å². The normalized spacial score (nSPS) is 13.5. The molecular formula is C24H24N4O5S. The smallest absolute Gasteiger partial charge is 0.271 e. The summed E-state index contributed by atoms with van der Waals surface area (Å²) in [6.45, 7) is 1.45. The van der Waals surface area contributed by atoms with E-state index in [9.17, 15) is 23.3 Å².